The number of rotatable bonds is 5. The summed E-state index contributed by atoms with van der Waals surface area (Å²) in [7, 11) is 0. The second-order valence-electron chi connectivity index (χ2n) is 4.27. The predicted octanol–water partition coefficient (Wildman–Crippen LogP) is 1.09. The number of hydrogen-bond acceptors (Lipinski definition) is 5. The summed E-state index contributed by atoms with van der Waals surface area (Å²) in [5.41, 5.74) is 1.47. The van der Waals surface area contributed by atoms with Gasteiger partial charge < -0.3 is 10.1 Å². The smallest absolute Gasteiger partial charge is 0.101 e. The van der Waals surface area contributed by atoms with Crippen LogP contribution < -0.4 is 5.32 Å². The SMILES string of the molecule is N#Cc1ccncc1NCCCN1CCOCC1. The Kier molecular flexibility index (Phi) is 4.94. The average Bonchev–Trinajstić information content (AvgIpc) is 2.45. The Morgan fingerprint density at radius 2 is 2.28 bits per heavy atom. The maximum Gasteiger partial charge on any atom is 0.101 e. The molecule has 5 nitrogen and oxygen atoms in total. The molecule has 1 aliphatic heterocycles. The zero-order valence-corrected chi connectivity index (χ0v) is 10.4. The zero-order chi connectivity index (χ0) is 12.6. The first kappa shape index (κ1) is 12.8. The number of nitrogens with one attached hydrogen (secondary N) is 1. The van der Waals surface area contributed by atoms with Gasteiger partial charge in [0.05, 0.1) is 30.7 Å². The van der Waals surface area contributed by atoms with Crippen molar-refractivity contribution in [2.75, 3.05) is 44.7 Å². The van der Waals surface area contributed by atoms with Crippen molar-refractivity contribution in [2.45, 2.75) is 6.42 Å². The lowest BCUT2D eigenvalue weighted by molar-refractivity contribution is 0.0378. The summed E-state index contributed by atoms with van der Waals surface area (Å²) in [6.45, 7) is 5.66. The molecule has 0 spiro atoms. The molecular formula is C13H18N4O. The fourth-order valence-corrected chi connectivity index (χ4v) is 1.98. The molecule has 5 heteroatoms. The van der Waals surface area contributed by atoms with E-state index < -0.39 is 0 Å². The number of nitrogens with zero attached hydrogens (tertiary/aromatic N) is 3. The molecule has 0 radical (unpaired) electrons. The Morgan fingerprint density at radius 1 is 1.44 bits per heavy atom. The second kappa shape index (κ2) is 6.94. The normalized spacial score (nSPS) is 16.2. The minimum atomic E-state index is 0.649. The first-order chi connectivity index (χ1) is 8.90. The molecule has 1 fully saturated rings. The van der Waals surface area contributed by atoms with Crippen LogP contribution in [0.1, 0.15) is 12.0 Å². The Hall–Kier alpha value is -1.64. The van der Waals surface area contributed by atoms with Crippen LogP contribution in [0, 0.1) is 11.3 Å². The quantitative estimate of drug-likeness (QED) is 0.788. The summed E-state index contributed by atoms with van der Waals surface area (Å²) < 4.78 is 5.30. The first-order valence-corrected chi connectivity index (χ1v) is 6.28. The number of hydrogen-bond donors (Lipinski definition) is 1. The lowest BCUT2D eigenvalue weighted by Gasteiger charge is -2.26. The second-order valence-corrected chi connectivity index (χ2v) is 4.27. The highest BCUT2D eigenvalue weighted by Crippen LogP contribution is 2.11. The minimum absolute atomic E-state index is 0.649. The van der Waals surface area contributed by atoms with E-state index in [1.54, 1.807) is 18.5 Å². The van der Waals surface area contributed by atoms with Crippen molar-refractivity contribution >= 4 is 5.69 Å². The molecule has 1 aromatic heterocycles. The zero-order valence-electron chi connectivity index (χ0n) is 10.4. The van der Waals surface area contributed by atoms with Crippen LogP contribution in [0.25, 0.3) is 0 Å². The van der Waals surface area contributed by atoms with E-state index in [4.69, 9.17) is 10.00 Å². The summed E-state index contributed by atoms with van der Waals surface area (Å²) in [4.78, 5) is 6.42. The predicted molar refractivity (Wildman–Crippen MR) is 69.3 cm³/mol. The monoisotopic (exact) mass is 246 g/mol. The van der Waals surface area contributed by atoms with E-state index in [0.717, 1.165) is 51.5 Å². The van der Waals surface area contributed by atoms with Crippen molar-refractivity contribution in [3.63, 3.8) is 0 Å². The van der Waals surface area contributed by atoms with Crippen molar-refractivity contribution in [1.29, 1.82) is 5.26 Å². The van der Waals surface area contributed by atoms with E-state index in [2.05, 4.69) is 21.3 Å². The summed E-state index contributed by atoms with van der Waals surface area (Å²) in [6.07, 6.45) is 4.39. The topological polar surface area (TPSA) is 61.2 Å². The highest BCUT2D eigenvalue weighted by Gasteiger charge is 2.09. The molecule has 0 aliphatic carbocycles. The fraction of sp³-hybridized carbons (Fsp3) is 0.538. The van der Waals surface area contributed by atoms with Gasteiger partial charge in [-0.1, -0.05) is 0 Å². The molecule has 0 aromatic carbocycles. The summed E-state index contributed by atoms with van der Waals surface area (Å²) >= 11 is 0. The summed E-state index contributed by atoms with van der Waals surface area (Å²) in [6, 6.07) is 3.88. The van der Waals surface area contributed by atoms with Crippen molar-refractivity contribution < 1.29 is 4.74 Å². The van der Waals surface area contributed by atoms with E-state index in [1.165, 1.54) is 0 Å². The van der Waals surface area contributed by atoms with Crippen LogP contribution in [0.4, 0.5) is 5.69 Å². The third-order valence-corrected chi connectivity index (χ3v) is 3.01. The number of anilines is 1. The molecule has 0 bridgehead atoms. The largest absolute Gasteiger partial charge is 0.383 e. The molecule has 18 heavy (non-hydrogen) atoms. The third kappa shape index (κ3) is 3.69. The molecule has 1 aromatic rings. The third-order valence-electron chi connectivity index (χ3n) is 3.01. The molecular weight excluding hydrogens is 228 g/mol. The van der Waals surface area contributed by atoms with Crippen LogP contribution in [0.5, 0.6) is 0 Å². The van der Waals surface area contributed by atoms with E-state index in [1.807, 2.05) is 0 Å². The van der Waals surface area contributed by atoms with Crippen molar-refractivity contribution in [2.24, 2.45) is 0 Å². The molecule has 0 saturated carbocycles. The highest BCUT2D eigenvalue weighted by atomic mass is 16.5. The van der Waals surface area contributed by atoms with Crippen LogP contribution in [0.3, 0.4) is 0 Å². The van der Waals surface area contributed by atoms with E-state index in [-0.39, 0.29) is 0 Å². The molecule has 0 atom stereocenters. The molecule has 0 amide bonds. The summed E-state index contributed by atoms with van der Waals surface area (Å²) in [5, 5.41) is 12.2. The van der Waals surface area contributed by atoms with Gasteiger partial charge in [0, 0.05) is 25.8 Å². The van der Waals surface area contributed by atoms with Gasteiger partial charge in [-0.25, -0.2) is 0 Å². The molecule has 0 unspecified atom stereocenters. The highest BCUT2D eigenvalue weighted by molar-refractivity contribution is 5.55. The number of morpholine rings is 1. The average molecular weight is 246 g/mol. The van der Waals surface area contributed by atoms with Crippen molar-refractivity contribution in [3.8, 4) is 6.07 Å². The maximum absolute atomic E-state index is 8.94. The van der Waals surface area contributed by atoms with Gasteiger partial charge in [-0.3, -0.25) is 9.88 Å². The molecule has 1 saturated heterocycles. The van der Waals surface area contributed by atoms with Crippen molar-refractivity contribution in [3.05, 3.63) is 24.0 Å². The first-order valence-electron chi connectivity index (χ1n) is 6.28. The lowest BCUT2D eigenvalue weighted by atomic mass is 10.2. The number of pyridine rings is 1. The van der Waals surface area contributed by atoms with Crippen LogP contribution in [0.2, 0.25) is 0 Å². The van der Waals surface area contributed by atoms with E-state index in [9.17, 15) is 0 Å². The molecule has 96 valence electrons. The van der Waals surface area contributed by atoms with E-state index >= 15 is 0 Å². The Balaban J connectivity index is 1.70. The van der Waals surface area contributed by atoms with Gasteiger partial charge in [0.2, 0.25) is 0 Å². The van der Waals surface area contributed by atoms with Gasteiger partial charge in [0.15, 0.2) is 0 Å². The van der Waals surface area contributed by atoms with Crippen LogP contribution in [-0.2, 0) is 4.74 Å². The minimum Gasteiger partial charge on any atom is -0.383 e. The molecule has 1 aliphatic rings. The Bertz CT molecular complexity index is 410. The van der Waals surface area contributed by atoms with Crippen LogP contribution >= 0.6 is 0 Å². The van der Waals surface area contributed by atoms with Crippen molar-refractivity contribution in [1.82, 2.24) is 9.88 Å². The number of nitriles is 1. The van der Waals surface area contributed by atoms with Crippen LogP contribution in [-0.4, -0.2) is 49.3 Å². The number of ether oxygens (including phenoxy) is 1. The number of aromatic nitrogens is 1. The van der Waals surface area contributed by atoms with Gasteiger partial charge in [-0.05, 0) is 19.0 Å². The van der Waals surface area contributed by atoms with Gasteiger partial charge in [0.1, 0.15) is 6.07 Å². The Labute approximate surface area is 107 Å². The maximum atomic E-state index is 8.94. The standard InChI is InChI=1S/C13H18N4O/c14-10-12-2-4-15-11-13(12)16-3-1-5-17-6-8-18-9-7-17/h2,4,11,16H,1,3,5-9H2. The van der Waals surface area contributed by atoms with Gasteiger partial charge in [0.25, 0.3) is 0 Å². The van der Waals surface area contributed by atoms with Crippen LogP contribution in [0.15, 0.2) is 18.5 Å². The van der Waals surface area contributed by atoms with E-state index in [0.29, 0.717) is 5.56 Å². The lowest BCUT2D eigenvalue weighted by Crippen LogP contribution is -2.37. The van der Waals surface area contributed by atoms with Gasteiger partial charge in [-0.2, -0.15) is 5.26 Å². The molecule has 2 heterocycles. The summed E-state index contributed by atoms with van der Waals surface area (Å²) in [5.74, 6) is 0. The van der Waals surface area contributed by atoms with Gasteiger partial charge in [-0.15, -0.1) is 0 Å². The van der Waals surface area contributed by atoms with Gasteiger partial charge >= 0.3 is 0 Å². The fourth-order valence-electron chi connectivity index (χ4n) is 1.98. The molecule has 2 rings (SSSR count). The molecule has 1 N–H and O–H groups in total. The Morgan fingerprint density at radius 3 is 3.06 bits per heavy atom.